The van der Waals surface area contributed by atoms with Crippen molar-refractivity contribution in [2.45, 2.75) is 19.4 Å². The highest BCUT2D eigenvalue weighted by Crippen LogP contribution is 2.06. The van der Waals surface area contributed by atoms with Gasteiger partial charge in [-0.15, -0.1) is 0 Å². The quantitative estimate of drug-likeness (QED) is 0.575. The predicted molar refractivity (Wildman–Crippen MR) is 39.6 cm³/mol. The van der Waals surface area contributed by atoms with E-state index in [1.807, 2.05) is 7.05 Å². The minimum Gasteiger partial charge on any atom is -0.316 e. The number of rotatable bonds is 2. The Hall–Kier alpha value is -0.0800. The smallest absolute Gasteiger partial charge is 0.0204 e. The molecular formula is C7H16N2. The van der Waals surface area contributed by atoms with Gasteiger partial charge < -0.3 is 10.2 Å². The molecule has 0 unspecified atom stereocenters. The van der Waals surface area contributed by atoms with Crippen LogP contribution in [0, 0.1) is 0 Å². The van der Waals surface area contributed by atoms with Crippen molar-refractivity contribution in [3.63, 3.8) is 0 Å². The van der Waals surface area contributed by atoms with E-state index in [1.165, 1.54) is 26.1 Å². The first-order chi connectivity index (χ1) is 4.36. The first-order valence-electron chi connectivity index (χ1n) is 3.76. The van der Waals surface area contributed by atoms with Crippen molar-refractivity contribution >= 4 is 0 Å². The van der Waals surface area contributed by atoms with Gasteiger partial charge in [-0.05, 0) is 26.6 Å². The molecule has 9 heavy (non-hydrogen) atoms. The molecule has 0 bridgehead atoms. The molecule has 1 aliphatic rings. The van der Waals surface area contributed by atoms with Crippen LogP contribution in [0.3, 0.4) is 0 Å². The molecule has 2 heteroatoms. The molecule has 1 aliphatic heterocycles. The first-order valence-corrected chi connectivity index (χ1v) is 3.76. The van der Waals surface area contributed by atoms with E-state index in [-0.39, 0.29) is 0 Å². The zero-order chi connectivity index (χ0) is 6.69. The SMILES string of the molecule is CCN1CC[C@H](NC)C1. The minimum absolute atomic E-state index is 0.755. The third kappa shape index (κ3) is 1.66. The molecule has 1 N–H and O–H groups in total. The molecule has 2 nitrogen and oxygen atoms in total. The third-order valence-electron chi connectivity index (χ3n) is 2.13. The Kier molecular flexibility index (Phi) is 2.49. The molecule has 1 rings (SSSR count). The Labute approximate surface area is 57.2 Å². The Morgan fingerprint density at radius 2 is 2.44 bits per heavy atom. The average molecular weight is 128 g/mol. The van der Waals surface area contributed by atoms with Gasteiger partial charge in [-0.2, -0.15) is 0 Å². The summed E-state index contributed by atoms with van der Waals surface area (Å²) < 4.78 is 0. The van der Waals surface area contributed by atoms with Gasteiger partial charge in [0, 0.05) is 12.6 Å². The van der Waals surface area contributed by atoms with E-state index in [4.69, 9.17) is 0 Å². The summed E-state index contributed by atoms with van der Waals surface area (Å²) in [7, 11) is 2.05. The fourth-order valence-electron chi connectivity index (χ4n) is 1.36. The summed E-state index contributed by atoms with van der Waals surface area (Å²) in [5.41, 5.74) is 0. The maximum Gasteiger partial charge on any atom is 0.0204 e. The van der Waals surface area contributed by atoms with Crippen LogP contribution in [0.1, 0.15) is 13.3 Å². The van der Waals surface area contributed by atoms with Crippen LogP contribution in [0.5, 0.6) is 0 Å². The molecule has 0 amide bonds. The number of likely N-dealkylation sites (N-methyl/N-ethyl adjacent to an activating group) is 2. The van der Waals surface area contributed by atoms with Crippen molar-refractivity contribution in [3.8, 4) is 0 Å². The monoisotopic (exact) mass is 128 g/mol. The Bertz CT molecular complexity index is 73.0. The second-order valence-corrected chi connectivity index (χ2v) is 2.67. The Morgan fingerprint density at radius 1 is 1.67 bits per heavy atom. The summed E-state index contributed by atoms with van der Waals surface area (Å²) in [6.45, 7) is 5.95. The predicted octanol–water partition coefficient (Wildman–Crippen LogP) is 0.300. The Morgan fingerprint density at radius 3 is 2.78 bits per heavy atom. The van der Waals surface area contributed by atoms with Gasteiger partial charge >= 0.3 is 0 Å². The molecule has 0 aromatic carbocycles. The van der Waals surface area contributed by atoms with E-state index in [2.05, 4.69) is 17.1 Å². The zero-order valence-electron chi connectivity index (χ0n) is 6.35. The van der Waals surface area contributed by atoms with E-state index in [9.17, 15) is 0 Å². The molecule has 1 saturated heterocycles. The van der Waals surface area contributed by atoms with Crippen molar-refractivity contribution in [3.05, 3.63) is 0 Å². The van der Waals surface area contributed by atoms with Crippen molar-refractivity contribution in [2.24, 2.45) is 0 Å². The summed E-state index contributed by atoms with van der Waals surface area (Å²) in [4.78, 5) is 2.47. The highest BCUT2D eigenvalue weighted by atomic mass is 15.2. The van der Waals surface area contributed by atoms with E-state index >= 15 is 0 Å². The lowest BCUT2D eigenvalue weighted by molar-refractivity contribution is 0.348. The lowest BCUT2D eigenvalue weighted by Gasteiger charge is -2.11. The van der Waals surface area contributed by atoms with Crippen LogP contribution in [0.4, 0.5) is 0 Å². The largest absolute Gasteiger partial charge is 0.316 e. The number of nitrogens with one attached hydrogen (secondary N) is 1. The molecule has 1 fully saturated rings. The third-order valence-corrected chi connectivity index (χ3v) is 2.13. The van der Waals surface area contributed by atoms with Crippen LogP contribution < -0.4 is 5.32 Å². The van der Waals surface area contributed by atoms with Crippen LogP contribution in [0.2, 0.25) is 0 Å². The fraction of sp³-hybridized carbons (Fsp3) is 1.00. The molecule has 0 spiro atoms. The highest BCUT2D eigenvalue weighted by Gasteiger charge is 2.18. The van der Waals surface area contributed by atoms with Crippen LogP contribution in [-0.2, 0) is 0 Å². The van der Waals surface area contributed by atoms with Gasteiger partial charge in [0.2, 0.25) is 0 Å². The van der Waals surface area contributed by atoms with Gasteiger partial charge in [0.25, 0.3) is 0 Å². The average Bonchev–Trinajstić information content (AvgIpc) is 2.34. The lowest BCUT2D eigenvalue weighted by atomic mass is 10.3. The summed E-state index contributed by atoms with van der Waals surface area (Å²) in [5, 5.41) is 3.29. The molecule has 0 aliphatic carbocycles. The molecule has 1 atom stereocenters. The second kappa shape index (κ2) is 3.18. The van der Waals surface area contributed by atoms with Gasteiger partial charge in [0.15, 0.2) is 0 Å². The molecule has 1 heterocycles. The van der Waals surface area contributed by atoms with Crippen LogP contribution in [0.15, 0.2) is 0 Å². The number of hydrogen-bond donors (Lipinski definition) is 1. The van der Waals surface area contributed by atoms with Gasteiger partial charge in [-0.3, -0.25) is 0 Å². The second-order valence-electron chi connectivity index (χ2n) is 2.67. The maximum absolute atomic E-state index is 3.29. The maximum atomic E-state index is 3.29. The van der Waals surface area contributed by atoms with Crippen LogP contribution >= 0.6 is 0 Å². The van der Waals surface area contributed by atoms with E-state index in [1.54, 1.807) is 0 Å². The summed E-state index contributed by atoms with van der Waals surface area (Å²) in [6, 6.07) is 0.755. The summed E-state index contributed by atoms with van der Waals surface area (Å²) in [6.07, 6.45) is 1.32. The minimum atomic E-state index is 0.755. The van der Waals surface area contributed by atoms with Crippen molar-refractivity contribution in [1.29, 1.82) is 0 Å². The molecule has 0 radical (unpaired) electrons. The molecule has 0 aromatic rings. The van der Waals surface area contributed by atoms with Crippen LogP contribution in [0.25, 0.3) is 0 Å². The highest BCUT2D eigenvalue weighted by molar-refractivity contribution is 4.78. The normalized spacial score (nSPS) is 29.3. The number of hydrogen-bond acceptors (Lipinski definition) is 2. The number of likely N-dealkylation sites (tertiary alicyclic amines) is 1. The molecule has 54 valence electrons. The fourth-order valence-corrected chi connectivity index (χ4v) is 1.36. The summed E-state index contributed by atoms with van der Waals surface area (Å²) in [5.74, 6) is 0. The van der Waals surface area contributed by atoms with Crippen molar-refractivity contribution < 1.29 is 0 Å². The van der Waals surface area contributed by atoms with Crippen LogP contribution in [-0.4, -0.2) is 37.6 Å². The zero-order valence-corrected chi connectivity index (χ0v) is 6.35. The summed E-state index contributed by atoms with van der Waals surface area (Å²) >= 11 is 0. The molecule has 0 saturated carbocycles. The number of nitrogens with zero attached hydrogens (tertiary/aromatic N) is 1. The Balaban J connectivity index is 2.20. The van der Waals surface area contributed by atoms with Gasteiger partial charge in [-0.1, -0.05) is 6.92 Å². The molecule has 0 aromatic heterocycles. The topological polar surface area (TPSA) is 15.3 Å². The van der Waals surface area contributed by atoms with Gasteiger partial charge in [0.1, 0.15) is 0 Å². The van der Waals surface area contributed by atoms with E-state index in [0.717, 1.165) is 6.04 Å². The molecular weight excluding hydrogens is 112 g/mol. The lowest BCUT2D eigenvalue weighted by Crippen LogP contribution is -2.29. The first kappa shape index (κ1) is 7.03. The standard InChI is InChI=1S/C7H16N2/c1-3-9-5-4-7(6-9)8-2/h7-8H,3-6H2,1-2H3/t7-/m0/s1. The van der Waals surface area contributed by atoms with Gasteiger partial charge in [0.05, 0.1) is 0 Å². The van der Waals surface area contributed by atoms with E-state index in [0.29, 0.717) is 0 Å². The van der Waals surface area contributed by atoms with Crippen molar-refractivity contribution in [1.82, 2.24) is 10.2 Å². The van der Waals surface area contributed by atoms with Crippen molar-refractivity contribution in [2.75, 3.05) is 26.7 Å². The van der Waals surface area contributed by atoms with E-state index < -0.39 is 0 Å². The van der Waals surface area contributed by atoms with Gasteiger partial charge in [-0.25, -0.2) is 0 Å².